The maximum absolute atomic E-state index is 5.61. The first-order chi connectivity index (χ1) is 6.33. The quantitative estimate of drug-likeness (QED) is 0.827. The van der Waals surface area contributed by atoms with Crippen LogP contribution in [0, 0.1) is 0 Å². The van der Waals surface area contributed by atoms with Gasteiger partial charge < -0.3 is 5.73 Å². The molecule has 2 rings (SSSR count). The molecule has 0 aliphatic heterocycles. The summed E-state index contributed by atoms with van der Waals surface area (Å²) in [5.41, 5.74) is 7.68. The van der Waals surface area contributed by atoms with E-state index in [0.717, 1.165) is 20.9 Å². The lowest BCUT2D eigenvalue weighted by molar-refractivity contribution is 1.08. The van der Waals surface area contributed by atoms with E-state index in [4.69, 9.17) is 5.73 Å². The zero-order valence-electron chi connectivity index (χ0n) is 7.00. The molecule has 2 N–H and O–H groups in total. The van der Waals surface area contributed by atoms with Gasteiger partial charge in [0, 0.05) is 22.6 Å². The maximum Gasteiger partial charge on any atom is 0.0758 e. The van der Waals surface area contributed by atoms with Crippen molar-refractivity contribution in [3.8, 4) is 0 Å². The van der Waals surface area contributed by atoms with Gasteiger partial charge in [-0.1, -0.05) is 34.1 Å². The minimum Gasteiger partial charge on any atom is -0.326 e. The highest BCUT2D eigenvalue weighted by Gasteiger charge is 2.02. The summed E-state index contributed by atoms with van der Waals surface area (Å²) >= 11 is 3.48. The Hall–Kier alpha value is -0.930. The summed E-state index contributed by atoms with van der Waals surface area (Å²) in [6.45, 7) is 0.529. The monoisotopic (exact) mass is 236 g/mol. The van der Waals surface area contributed by atoms with Crippen molar-refractivity contribution < 1.29 is 0 Å². The Morgan fingerprint density at radius 2 is 2.15 bits per heavy atom. The molecule has 1 aromatic heterocycles. The van der Waals surface area contributed by atoms with Crippen molar-refractivity contribution >= 4 is 26.8 Å². The number of halogens is 1. The molecular weight excluding hydrogens is 228 g/mol. The zero-order valence-corrected chi connectivity index (χ0v) is 8.58. The first-order valence-corrected chi connectivity index (χ1v) is 4.84. The fourth-order valence-electron chi connectivity index (χ4n) is 1.37. The minimum absolute atomic E-state index is 0.529. The molecule has 0 atom stereocenters. The molecule has 13 heavy (non-hydrogen) atoms. The standard InChI is InChI=1S/C10H9BrN2/c11-9-4-5-13-10-7(6-12)2-1-3-8(9)10/h1-5H,6,12H2. The number of nitrogens with two attached hydrogens (primary N) is 1. The zero-order chi connectivity index (χ0) is 9.26. The molecule has 0 aliphatic carbocycles. The third kappa shape index (κ3) is 1.45. The van der Waals surface area contributed by atoms with Crippen molar-refractivity contribution in [2.75, 3.05) is 0 Å². The Bertz CT molecular complexity index is 440. The predicted molar refractivity (Wildman–Crippen MR) is 57.3 cm³/mol. The number of benzene rings is 1. The van der Waals surface area contributed by atoms with Gasteiger partial charge in [-0.25, -0.2) is 0 Å². The van der Waals surface area contributed by atoms with Crippen LogP contribution in [0.3, 0.4) is 0 Å². The Balaban J connectivity index is 2.84. The summed E-state index contributed by atoms with van der Waals surface area (Å²) in [5, 5.41) is 1.12. The lowest BCUT2D eigenvalue weighted by Crippen LogP contribution is -1.98. The highest BCUT2D eigenvalue weighted by molar-refractivity contribution is 9.10. The highest BCUT2D eigenvalue weighted by atomic mass is 79.9. The van der Waals surface area contributed by atoms with Gasteiger partial charge >= 0.3 is 0 Å². The Morgan fingerprint density at radius 1 is 1.31 bits per heavy atom. The van der Waals surface area contributed by atoms with Gasteiger partial charge in [0.1, 0.15) is 0 Å². The number of para-hydroxylation sites is 1. The van der Waals surface area contributed by atoms with Crippen LogP contribution in [0.2, 0.25) is 0 Å². The molecule has 1 aromatic carbocycles. The van der Waals surface area contributed by atoms with Crippen LogP contribution in [-0.4, -0.2) is 4.98 Å². The molecule has 0 fully saturated rings. The molecule has 0 bridgehead atoms. The van der Waals surface area contributed by atoms with E-state index in [1.807, 2.05) is 24.3 Å². The van der Waals surface area contributed by atoms with Crippen LogP contribution in [0.1, 0.15) is 5.56 Å². The van der Waals surface area contributed by atoms with E-state index < -0.39 is 0 Å². The molecule has 2 aromatic rings. The fraction of sp³-hybridized carbons (Fsp3) is 0.100. The van der Waals surface area contributed by atoms with Gasteiger partial charge in [0.2, 0.25) is 0 Å². The molecule has 0 aliphatic rings. The van der Waals surface area contributed by atoms with Gasteiger partial charge in [0.25, 0.3) is 0 Å². The van der Waals surface area contributed by atoms with Crippen molar-refractivity contribution in [3.05, 3.63) is 40.5 Å². The van der Waals surface area contributed by atoms with Crippen molar-refractivity contribution in [2.45, 2.75) is 6.54 Å². The van der Waals surface area contributed by atoms with Crippen LogP contribution in [0.25, 0.3) is 10.9 Å². The Labute approximate surface area is 84.9 Å². The molecule has 66 valence electrons. The largest absolute Gasteiger partial charge is 0.326 e. The van der Waals surface area contributed by atoms with Gasteiger partial charge in [-0.3, -0.25) is 4.98 Å². The number of hydrogen-bond acceptors (Lipinski definition) is 2. The summed E-state index contributed by atoms with van der Waals surface area (Å²) in [5.74, 6) is 0. The number of hydrogen-bond donors (Lipinski definition) is 1. The first-order valence-electron chi connectivity index (χ1n) is 4.05. The molecule has 3 heteroatoms. The van der Waals surface area contributed by atoms with E-state index in [2.05, 4.69) is 20.9 Å². The van der Waals surface area contributed by atoms with E-state index in [9.17, 15) is 0 Å². The maximum atomic E-state index is 5.61. The number of fused-ring (bicyclic) bond motifs is 1. The normalized spacial score (nSPS) is 10.6. The predicted octanol–water partition coefficient (Wildman–Crippen LogP) is 2.46. The minimum atomic E-state index is 0.529. The van der Waals surface area contributed by atoms with Crippen LogP contribution >= 0.6 is 15.9 Å². The molecule has 0 saturated heterocycles. The average Bonchev–Trinajstić information content (AvgIpc) is 2.18. The number of pyridine rings is 1. The third-order valence-corrected chi connectivity index (χ3v) is 2.71. The molecule has 0 radical (unpaired) electrons. The molecule has 0 amide bonds. The second kappa shape index (κ2) is 3.44. The number of rotatable bonds is 1. The Kier molecular flexibility index (Phi) is 2.29. The van der Waals surface area contributed by atoms with E-state index >= 15 is 0 Å². The smallest absolute Gasteiger partial charge is 0.0758 e. The molecular formula is C10H9BrN2. The molecule has 0 saturated carbocycles. The van der Waals surface area contributed by atoms with E-state index in [0.29, 0.717) is 6.54 Å². The fourth-order valence-corrected chi connectivity index (χ4v) is 1.81. The molecule has 1 heterocycles. The summed E-state index contributed by atoms with van der Waals surface area (Å²) in [7, 11) is 0. The van der Waals surface area contributed by atoms with Crippen molar-refractivity contribution in [2.24, 2.45) is 5.73 Å². The second-order valence-electron chi connectivity index (χ2n) is 2.81. The summed E-state index contributed by atoms with van der Waals surface area (Å²) in [6, 6.07) is 7.97. The lowest BCUT2D eigenvalue weighted by Gasteiger charge is -2.03. The van der Waals surface area contributed by atoms with Gasteiger partial charge in [-0.2, -0.15) is 0 Å². The molecule has 0 spiro atoms. The summed E-state index contributed by atoms with van der Waals surface area (Å²) in [4.78, 5) is 4.30. The number of nitrogens with zero attached hydrogens (tertiary/aromatic N) is 1. The van der Waals surface area contributed by atoms with Gasteiger partial charge in [-0.05, 0) is 11.6 Å². The molecule has 0 unspecified atom stereocenters. The number of aromatic nitrogens is 1. The first kappa shape index (κ1) is 8.66. The summed E-state index contributed by atoms with van der Waals surface area (Å²) in [6.07, 6.45) is 1.78. The van der Waals surface area contributed by atoms with Crippen LogP contribution in [0.15, 0.2) is 34.9 Å². The summed E-state index contributed by atoms with van der Waals surface area (Å²) < 4.78 is 1.06. The van der Waals surface area contributed by atoms with Crippen molar-refractivity contribution in [1.29, 1.82) is 0 Å². The van der Waals surface area contributed by atoms with Crippen molar-refractivity contribution in [1.82, 2.24) is 4.98 Å². The lowest BCUT2D eigenvalue weighted by atomic mass is 10.1. The van der Waals surface area contributed by atoms with Crippen LogP contribution in [0.4, 0.5) is 0 Å². The highest BCUT2D eigenvalue weighted by Crippen LogP contribution is 2.23. The topological polar surface area (TPSA) is 38.9 Å². The van der Waals surface area contributed by atoms with Crippen molar-refractivity contribution in [3.63, 3.8) is 0 Å². The van der Waals surface area contributed by atoms with Crippen LogP contribution < -0.4 is 5.73 Å². The average molecular weight is 237 g/mol. The Morgan fingerprint density at radius 3 is 2.92 bits per heavy atom. The van der Waals surface area contributed by atoms with Gasteiger partial charge in [-0.15, -0.1) is 0 Å². The van der Waals surface area contributed by atoms with E-state index in [1.54, 1.807) is 6.20 Å². The van der Waals surface area contributed by atoms with Gasteiger partial charge in [0.15, 0.2) is 0 Å². The van der Waals surface area contributed by atoms with Crippen LogP contribution in [0.5, 0.6) is 0 Å². The van der Waals surface area contributed by atoms with Gasteiger partial charge in [0.05, 0.1) is 5.52 Å². The van der Waals surface area contributed by atoms with Crippen LogP contribution in [-0.2, 0) is 6.54 Å². The third-order valence-electron chi connectivity index (χ3n) is 2.02. The molecule has 2 nitrogen and oxygen atoms in total. The SMILES string of the molecule is NCc1cccc2c(Br)ccnc12. The van der Waals surface area contributed by atoms with E-state index in [-0.39, 0.29) is 0 Å². The van der Waals surface area contributed by atoms with E-state index in [1.165, 1.54) is 0 Å². The second-order valence-corrected chi connectivity index (χ2v) is 3.66.